The molecule has 1 aromatic carbocycles. The lowest BCUT2D eigenvalue weighted by molar-refractivity contribution is 0.581. The van der Waals surface area contributed by atoms with Crippen molar-refractivity contribution < 1.29 is 4.42 Å². The van der Waals surface area contributed by atoms with Gasteiger partial charge in [0.25, 0.3) is 0 Å². The van der Waals surface area contributed by atoms with Crippen LogP contribution in [0.3, 0.4) is 0 Å². The van der Waals surface area contributed by atoms with E-state index < -0.39 is 0 Å². The second kappa shape index (κ2) is 4.83. The predicted molar refractivity (Wildman–Crippen MR) is 70.2 cm³/mol. The van der Waals surface area contributed by atoms with Crippen molar-refractivity contribution in [3.63, 3.8) is 0 Å². The number of aromatic nitrogens is 2. The number of furan rings is 1. The van der Waals surface area contributed by atoms with Gasteiger partial charge in [0.1, 0.15) is 5.76 Å². The Kier molecular flexibility index (Phi) is 2.87. The lowest BCUT2D eigenvalue weighted by Gasteiger charge is -2.08. The predicted octanol–water partition coefficient (Wildman–Crippen LogP) is 3.06. The number of benzene rings is 1. The average molecular weight is 249 g/mol. The van der Waals surface area contributed by atoms with Crippen LogP contribution >= 0.6 is 0 Å². The van der Waals surface area contributed by atoms with Gasteiger partial charge in [0.15, 0.2) is 0 Å². The molecule has 0 radical (unpaired) electrons. The van der Waals surface area contributed by atoms with E-state index in [4.69, 9.17) is 9.68 Å². The summed E-state index contributed by atoms with van der Waals surface area (Å²) in [6.07, 6.45) is 7.06. The van der Waals surface area contributed by atoms with Gasteiger partial charge in [-0.05, 0) is 29.8 Å². The lowest BCUT2D eigenvalue weighted by Crippen LogP contribution is -1.99. The van der Waals surface area contributed by atoms with Crippen LogP contribution in [0.4, 0.5) is 0 Å². The summed E-state index contributed by atoms with van der Waals surface area (Å²) < 4.78 is 7.42. The van der Waals surface area contributed by atoms with Crippen molar-refractivity contribution in [1.82, 2.24) is 9.55 Å². The summed E-state index contributed by atoms with van der Waals surface area (Å²) in [6, 6.07) is 11.5. The number of rotatable bonds is 3. The van der Waals surface area contributed by atoms with Gasteiger partial charge in [0, 0.05) is 24.5 Å². The van der Waals surface area contributed by atoms with Crippen molar-refractivity contribution in [3.8, 4) is 17.4 Å². The SMILES string of the molecule is N#Cc1ccc(Cn2ccnc2)c(-c2ccco2)c1. The molecule has 0 saturated heterocycles. The maximum absolute atomic E-state index is 9.01. The van der Waals surface area contributed by atoms with E-state index in [0.29, 0.717) is 12.1 Å². The minimum Gasteiger partial charge on any atom is -0.464 e. The number of nitrogens with zero attached hydrogens (tertiary/aromatic N) is 3. The monoisotopic (exact) mass is 249 g/mol. The van der Waals surface area contributed by atoms with Crippen LogP contribution in [0.5, 0.6) is 0 Å². The average Bonchev–Trinajstić information content (AvgIpc) is 3.12. The molecular formula is C15H11N3O. The first-order chi connectivity index (χ1) is 9.36. The Morgan fingerprint density at radius 2 is 2.26 bits per heavy atom. The van der Waals surface area contributed by atoms with E-state index in [9.17, 15) is 0 Å². The van der Waals surface area contributed by atoms with Crippen LogP contribution in [0.15, 0.2) is 59.7 Å². The minimum atomic E-state index is 0.626. The number of nitriles is 1. The molecule has 0 amide bonds. The molecule has 3 aromatic rings. The van der Waals surface area contributed by atoms with Gasteiger partial charge in [-0.1, -0.05) is 6.07 Å². The van der Waals surface area contributed by atoms with E-state index in [2.05, 4.69) is 11.1 Å². The van der Waals surface area contributed by atoms with Gasteiger partial charge >= 0.3 is 0 Å². The van der Waals surface area contributed by atoms with Crippen molar-refractivity contribution in [2.75, 3.05) is 0 Å². The van der Waals surface area contributed by atoms with E-state index >= 15 is 0 Å². The van der Waals surface area contributed by atoms with E-state index in [0.717, 1.165) is 16.9 Å². The summed E-state index contributed by atoms with van der Waals surface area (Å²) in [5.74, 6) is 0.771. The molecule has 2 heterocycles. The fraction of sp³-hybridized carbons (Fsp3) is 0.0667. The molecule has 0 fully saturated rings. The maximum Gasteiger partial charge on any atom is 0.134 e. The first kappa shape index (κ1) is 11.3. The van der Waals surface area contributed by atoms with Crippen LogP contribution in [0, 0.1) is 11.3 Å². The highest BCUT2D eigenvalue weighted by Gasteiger charge is 2.09. The smallest absolute Gasteiger partial charge is 0.134 e. The normalized spacial score (nSPS) is 10.3. The Morgan fingerprint density at radius 3 is 2.95 bits per heavy atom. The summed E-state index contributed by atoms with van der Waals surface area (Å²) >= 11 is 0. The number of imidazole rings is 1. The third-order valence-corrected chi connectivity index (χ3v) is 2.94. The maximum atomic E-state index is 9.01. The topological polar surface area (TPSA) is 54.8 Å². The van der Waals surface area contributed by atoms with Crippen molar-refractivity contribution in [2.24, 2.45) is 0 Å². The Balaban J connectivity index is 2.06. The Morgan fingerprint density at radius 1 is 1.32 bits per heavy atom. The van der Waals surface area contributed by atoms with Crippen molar-refractivity contribution in [3.05, 3.63) is 66.4 Å². The molecular weight excluding hydrogens is 238 g/mol. The van der Waals surface area contributed by atoms with E-state index in [-0.39, 0.29) is 0 Å². The van der Waals surface area contributed by atoms with Gasteiger partial charge in [-0.15, -0.1) is 0 Å². The van der Waals surface area contributed by atoms with Crippen LogP contribution in [-0.2, 0) is 6.54 Å². The van der Waals surface area contributed by atoms with Gasteiger partial charge in [0.2, 0.25) is 0 Å². The number of hydrogen-bond acceptors (Lipinski definition) is 3. The van der Waals surface area contributed by atoms with Gasteiger partial charge in [0.05, 0.1) is 24.2 Å². The first-order valence-corrected chi connectivity index (χ1v) is 5.89. The fourth-order valence-corrected chi connectivity index (χ4v) is 2.02. The lowest BCUT2D eigenvalue weighted by atomic mass is 10.0. The zero-order valence-corrected chi connectivity index (χ0v) is 10.2. The standard InChI is InChI=1S/C15H11N3O/c16-9-12-3-4-13(10-18-6-5-17-11-18)14(8-12)15-2-1-7-19-15/h1-8,11H,10H2. The molecule has 0 bridgehead atoms. The zero-order valence-electron chi connectivity index (χ0n) is 10.2. The van der Waals surface area contributed by atoms with Gasteiger partial charge in [-0.3, -0.25) is 0 Å². The second-order valence-corrected chi connectivity index (χ2v) is 4.20. The molecule has 2 aromatic heterocycles. The highest BCUT2D eigenvalue weighted by molar-refractivity contribution is 5.64. The molecule has 0 N–H and O–H groups in total. The van der Waals surface area contributed by atoms with E-state index in [1.807, 2.05) is 41.1 Å². The molecule has 0 unspecified atom stereocenters. The van der Waals surface area contributed by atoms with E-state index in [1.54, 1.807) is 18.8 Å². The van der Waals surface area contributed by atoms with Gasteiger partial charge < -0.3 is 8.98 Å². The molecule has 0 spiro atoms. The fourth-order valence-electron chi connectivity index (χ4n) is 2.02. The molecule has 4 nitrogen and oxygen atoms in total. The second-order valence-electron chi connectivity index (χ2n) is 4.20. The highest BCUT2D eigenvalue weighted by Crippen LogP contribution is 2.26. The van der Waals surface area contributed by atoms with Crippen LogP contribution in [0.2, 0.25) is 0 Å². The minimum absolute atomic E-state index is 0.626. The summed E-state index contributed by atoms with van der Waals surface area (Å²) in [5.41, 5.74) is 2.66. The molecule has 0 aliphatic heterocycles. The molecule has 0 saturated carbocycles. The largest absolute Gasteiger partial charge is 0.464 e. The molecule has 3 rings (SSSR count). The summed E-state index contributed by atoms with van der Waals surface area (Å²) in [6.45, 7) is 0.696. The molecule has 0 aliphatic carbocycles. The molecule has 4 heteroatoms. The van der Waals surface area contributed by atoms with Crippen LogP contribution < -0.4 is 0 Å². The first-order valence-electron chi connectivity index (χ1n) is 5.89. The Bertz CT molecular complexity index is 706. The third kappa shape index (κ3) is 2.26. The third-order valence-electron chi connectivity index (χ3n) is 2.94. The molecule has 92 valence electrons. The Hall–Kier alpha value is -2.80. The Labute approximate surface area is 110 Å². The van der Waals surface area contributed by atoms with Gasteiger partial charge in [-0.2, -0.15) is 5.26 Å². The quantitative estimate of drug-likeness (QED) is 0.716. The molecule has 19 heavy (non-hydrogen) atoms. The summed E-state index contributed by atoms with van der Waals surface area (Å²) in [5, 5.41) is 9.01. The van der Waals surface area contributed by atoms with Crippen molar-refractivity contribution >= 4 is 0 Å². The van der Waals surface area contributed by atoms with Crippen LogP contribution in [0.25, 0.3) is 11.3 Å². The summed E-state index contributed by atoms with van der Waals surface area (Å²) in [4.78, 5) is 4.03. The summed E-state index contributed by atoms with van der Waals surface area (Å²) in [7, 11) is 0. The number of hydrogen-bond donors (Lipinski definition) is 0. The van der Waals surface area contributed by atoms with Crippen molar-refractivity contribution in [2.45, 2.75) is 6.54 Å². The van der Waals surface area contributed by atoms with Crippen LogP contribution in [0.1, 0.15) is 11.1 Å². The molecule has 0 aliphatic rings. The zero-order chi connectivity index (χ0) is 13.1. The van der Waals surface area contributed by atoms with E-state index in [1.165, 1.54) is 0 Å². The molecule has 0 atom stereocenters. The highest BCUT2D eigenvalue weighted by atomic mass is 16.3. The van der Waals surface area contributed by atoms with Gasteiger partial charge in [-0.25, -0.2) is 4.98 Å². The van der Waals surface area contributed by atoms with Crippen LogP contribution in [-0.4, -0.2) is 9.55 Å². The van der Waals surface area contributed by atoms with Crippen molar-refractivity contribution in [1.29, 1.82) is 5.26 Å².